The van der Waals surface area contributed by atoms with E-state index in [0.717, 1.165) is 25.2 Å². The van der Waals surface area contributed by atoms with Gasteiger partial charge in [0.1, 0.15) is 0 Å². The van der Waals surface area contributed by atoms with Crippen molar-refractivity contribution in [1.29, 1.82) is 0 Å². The maximum Gasteiger partial charge on any atom is 0.0289 e. The number of hydrogen-bond acceptors (Lipinski definition) is 1. The van der Waals surface area contributed by atoms with Gasteiger partial charge >= 0.3 is 0 Å². The molecular weight excluding hydrogens is 158 g/mol. The molecule has 13 heavy (non-hydrogen) atoms. The molecule has 0 aliphatic carbocycles. The molecule has 0 aromatic carbocycles. The Morgan fingerprint density at radius 1 is 1.23 bits per heavy atom. The molecule has 0 atom stereocenters. The Balaban J connectivity index is 3.97. The quantitative estimate of drug-likeness (QED) is 0.446. The molecule has 0 fully saturated rings. The summed E-state index contributed by atoms with van der Waals surface area (Å²) in [5.74, 6) is 0. The van der Waals surface area contributed by atoms with E-state index in [1.807, 2.05) is 6.92 Å². The van der Waals surface area contributed by atoms with Crippen LogP contribution in [-0.4, -0.2) is 18.0 Å². The predicted octanol–water partition coefficient (Wildman–Crippen LogP) is 3.36. The third-order valence-corrected chi connectivity index (χ3v) is 1.95. The summed E-state index contributed by atoms with van der Waals surface area (Å²) in [6.07, 6.45) is 5.13. The lowest BCUT2D eigenvalue weighted by atomic mass is 10.2. The van der Waals surface area contributed by atoms with E-state index in [2.05, 4.69) is 44.1 Å². The molecule has 0 unspecified atom stereocenters. The molecule has 0 N–H and O–H groups in total. The van der Waals surface area contributed by atoms with Crippen LogP contribution in [0.4, 0.5) is 0 Å². The topological polar surface area (TPSA) is 3.24 Å². The Morgan fingerprint density at radius 2 is 1.77 bits per heavy atom. The van der Waals surface area contributed by atoms with Crippen LogP contribution in [0.15, 0.2) is 36.6 Å². The fourth-order valence-corrected chi connectivity index (χ4v) is 1.13. The molecule has 0 spiro atoms. The summed E-state index contributed by atoms with van der Waals surface area (Å²) in [7, 11) is 0. The van der Waals surface area contributed by atoms with E-state index in [1.165, 1.54) is 5.57 Å². The molecule has 0 bridgehead atoms. The van der Waals surface area contributed by atoms with Gasteiger partial charge in [-0.1, -0.05) is 24.8 Å². The number of likely N-dealkylation sites (N-methyl/N-ethyl adjacent to an activating group) is 1. The van der Waals surface area contributed by atoms with Gasteiger partial charge < -0.3 is 4.90 Å². The van der Waals surface area contributed by atoms with Gasteiger partial charge in [-0.15, -0.1) is 0 Å². The maximum absolute atomic E-state index is 4.00. The average molecular weight is 179 g/mol. The van der Waals surface area contributed by atoms with Crippen molar-refractivity contribution in [2.75, 3.05) is 13.1 Å². The molecule has 0 aromatic rings. The molecule has 0 amide bonds. The van der Waals surface area contributed by atoms with E-state index in [9.17, 15) is 0 Å². The molecular formula is C12H21N. The van der Waals surface area contributed by atoms with Gasteiger partial charge in [-0.25, -0.2) is 0 Å². The fourth-order valence-electron chi connectivity index (χ4n) is 1.13. The Kier molecular flexibility index (Phi) is 6.03. The lowest BCUT2D eigenvalue weighted by Gasteiger charge is -2.20. The van der Waals surface area contributed by atoms with Gasteiger partial charge in [-0.05, 0) is 33.3 Å². The highest BCUT2D eigenvalue weighted by Gasteiger charge is 1.97. The van der Waals surface area contributed by atoms with Crippen molar-refractivity contribution in [1.82, 2.24) is 4.90 Å². The molecule has 1 nitrogen and oxygen atoms in total. The van der Waals surface area contributed by atoms with E-state index < -0.39 is 0 Å². The summed E-state index contributed by atoms with van der Waals surface area (Å²) in [4.78, 5) is 2.23. The second-order valence-electron chi connectivity index (χ2n) is 3.23. The third kappa shape index (κ3) is 5.29. The first-order valence-electron chi connectivity index (χ1n) is 4.86. The molecule has 0 rings (SSSR count). The highest BCUT2D eigenvalue weighted by Crippen LogP contribution is 2.04. The van der Waals surface area contributed by atoms with Crippen molar-refractivity contribution >= 4 is 0 Å². The van der Waals surface area contributed by atoms with Crippen LogP contribution < -0.4 is 0 Å². The van der Waals surface area contributed by atoms with E-state index in [-0.39, 0.29) is 0 Å². The molecule has 0 saturated heterocycles. The average Bonchev–Trinajstić information content (AvgIpc) is 2.05. The second kappa shape index (κ2) is 6.53. The normalized spacial score (nSPS) is 10.4. The Labute approximate surface area is 82.4 Å². The Bertz CT molecular complexity index is 197. The van der Waals surface area contributed by atoms with Crippen LogP contribution in [0.25, 0.3) is 0 Å². The van der Waals surface area contributed by atoms with Gasteiger partial charge in [-0.3, -0.25) is 0 Å². The number of allylic oxidation sites excluding steroid dienone is 3. The van der Waals surface area contributed by atoms with Crippen LogP contribution >= 0.6 is 0 Å². The first-order chi connectivity index (χ1) is 6.11. The molecule has 0 aromatic heterocycles. The predicted molar refractivity (Wildman–Crippen MR) is 60.6 cm³/mol. The molecule has 0 heterocycles. The van der Waals surface area contributed by atoms with Crippen molar-refractivity contribution in [2.45, 2.75) is 27.2 Å². The third-order valence-electron chi connectivity index (χ3n) is 1.95. The Morgan fingerprint density at radius 3 is 2.15 bits per heavy atom. The van der Waals surface area contributed by atoms with E-state index in [1.54, 1.807) is 0 Å². The summed E-state index contributed by atoms with van der Waals surface area (Å²) in [5.41, 5.74) is 2.27. The van der Waals surface area contributed by atoms with Crippen molar-refractivity contribution in [2.24, 2.45) is 0 Å². The molecule has 0 aliphatic rings. The van der Waals surface area contributed by atoms with Crippen LogP contribution in [0.3, 0.4) is 0 Å². The van der Waals surface area contributed by atoms with Gasteiger partial charge in [0.15, 0.2) is 0 Å². The van der Waals surface area contributed by atoms with Crippen LogP contribution in [0.1, 0.15) is 27.2 Å². The minimum Gasteiger partial charge on any atom is -0.373 e. The van der Waals surface area contributed by atoms with E-state index in [4.69, 9.17) is 0 Å². The lowest BCUT2D eigenvalue weighted by Crippen LogP contribution is -2.20. The van der Waals surface area contributed by atoms with E-state index >= 15 is 0 Å². The molecule has 0 aliphatic heterocycles. The monoisotopic (exact) mass is 179 g/mol. The van der Waals surface area contributed by atoms with Gasteiger partial charge in [0.2, 0.25) is 0 Å². The van der Waals surface area contributed by atoms with Crippen molar-refractivity contribution < 1.29 is 0 Å². The number of rotatable bonds is 6. The fraction of sp³-hybridized carbons (Fsp3) is 0.500. The van der Waals surface area contributed by atoms with Crippen LogP contribution in [0.2, 0.25) is 0 Å². The van der Waals surface area contributed by atoms with Crippen molar-refractivity contribution in [3.05, 3.63) is 36.6 Å². The SMILES string of the molecule is C=C(C)C/C=C\C(=C)N(CC)CC. The van der Waals surface area contributed by atoms with Gasteiger partial charge in [0, 0.05) is 18.8 Å². The zero-order valence-corrected chi connectivity index (χ0v) is 9.14. The van der Waals surface area contributed by atoms with Gasteiger partial charge in [-0.2, -0.15) is 0 Å². The van der Waals surface area contributed by atoms with Crippen molar-refractivity contribution in [3.8, 4) is 0 Å². The molecule has 0 radical (unpaired) electrons. The molecule has 74 valence electrons. The van der Waals surface area contributed by atoms with Crippen LogP contribution in [-0.2, 0) is 0 Å². The first-order valence-corrected chi connectivity index (χ1v) is 4.86. The Hall–Kier alpha value is -0.980. The second-order valence-corrected chi connectivity index (χ2v) is 3.23. The van der Waals surface area contributed by atoms with Crippen molar-refractivity contribution in [3.63, 3.8) is 0 Å². The largest absolute Gasteiger partial charge is 0.373 e. The summed E-state index contributed by atoms with van der Waals surface area (Å²) in [5, 5.41) is 0. The zero-order valence-electron chi connectivity index (χ0n) is 9.14. The number of hydrogen-bond donors (Lipinski definition) is 0. The van der Waals surface area contributed by atoms with Crippen LogP contribution in [0, 0.1) is 0 Å². The van der Waals surface area contributed by atoms with E-state index in [0.29, 0.717) is 0 Å². The smallest absolute Gasteiger partial charge is 0.0289 e. The first kappa shape index (κ1) is 12.0. The minimum absolute atomic E-state index is 0.945. The summed E-state index contributed by atoms with van der Waals surface area (Å²) < 4.78 is 0. The summed E-state index contributed by atoms with van der Waals surface area (Å²) >= 11 is 0. The van der Waals surface area contributed by atoms with Gasteiger partial charge in [0.25, 0.3) is 0 Å². The summed E-state index contributed by atoms with van der Waals surface area (Å²) in [6.45, 7) is 16.2. The molecule has 0 saturated carbocycles. The van der Waals surface area contributed by atoms with Gasteiger partial charge in [0.05, 0.1) is 0 Å². The maximum atomic E-state index is 4.00. The zero-order chi connectivity index (χ0) is 10.3. The minimum atomic E-state index is 0.945. The summed E-state index contributed by atoms with van der Waals surface area (Å²) in [6, 6.07) is 0. The highest BCUT2D eigenvalue weighted by molar-refractivity contribution is 5.15. The molecule has 1 heteroatoms. The highest BCUT2D eigenvalue weighted by atomic mass is 15.1. The standard InChI is InChI=1S/C12H21N/c1-6-13(7-2)12(5)10-8-9-11(3)4/h8,10H,3,5-7,9H2,1-2,4H3/b10-8-. The van der Waals surface area contributed by atoms with Crippen LogP contribution in [0.5, 0.6) is 0 Å². The number of nitrogens with zero attached hydrogens (tertiary/aromatic N) is 1. The lowest BCUT2D eigenvalue weighted by molar-refractivity contribution is 0.396.